The van der Waals surface area contributed by atoms with Gasteiger partial charge >= 0.3 is 6.03 Å². The fraction of sp³-hybridized carbons (Fsp3) is 0.148. The number of nitrogens with zero attached hydrogens (tertiary/aromatic N) is 1. The molecule has 190 valence electrons. The van der Waals surface area contributed by atoms with Crippen LogP contribution in [-0.4, -0.2) is 31.6 Å². The van der Waals surface area contributed by atoms with Gasteiger partial charge in [0.1, 0.15) is 29.4 Å². The number of rotatable bonds is 8. The van der Waals surface area contributed by atoms with Gasteiger partial charge in [0.25, 0.3) is 11.8 Å². The van der Waals surface area contributed by atoms with E-state index in [1.54, 1.807) is 60.7 Å². The molecule has 0 unspecified atom stereocenters. The SMILES string of the molecule is CCOc1cc(OC)ccc1/C=C1\C(=O)NC(=O)N(c2ccc(OCc3ccc(Cl)cc3Cl)cc2)C1=O. The number of carbonyl (C=O) groups excluding carboxylic acids is 3. The summed E-state index contributed by atoms with van der Waals surface area (Å²) >= 11 is 12.1. The fourth-order valence-electron chi connectivity index (χ4n) is 3.58. The summed E-state index contributed by atoms with van der Waals surface area (Å²) in [5.41, 5.74) is 1.28. The molecule has 0 bridgehead atoms. The van der Waals surface area contributed by atoms with E-state index in [-0.39, 0.29) is 17.9 Å². The van der Waals surface area contributed by atoms with Gasteiger partial charge < -0.3 is 14.2 Å². The number of imide groups is 2. The van der Waals surface area contributed by atoms with Crippen LogP contribution in [0.5, 0.6) is 17.2 Å². The first-order chi connectivity index (χ1) is 17.8. The minimum atomic E-state index is -0.853. The van der Waals surface area contributed by atoms with E-state index in [0.717, 1.165) is 10.5 Å². The molecule has 0 aliphatic carbocycles. The van der Waals surface area contributed by atoms with Crippen LogP contribution in [0.2, 0.25) is 10.0 Å². The number of carbonyl (C=O) groups is 3. The van der Waals surface area contributed by atoms with E-state index >= 15 is 0 Å². The van der Waals surface area contributed by atoms with Gasteiger partial charge in [-0.15, -0.1) is 0 Å². The molecule has 0 spiro atoms. The summed E-state index contributed by atoms with van der Waals surface area (Å²) in [7, 11) is 1.52. The minimum absolute atomic E-state index is 0.198. The van der Waals surface area contributed by atoms with Crippen LogP contribution in [0, 0.1) is 0 Å². The van der Waals surface area contributed by atoms with E-state index in [1.807, 2.05) is 6.92 Å². The standard InChI is InChI=1S/C27H22Cl2N2O6/c1-3-36-24-14-21(35-2)9-5-16(24)12-22-25(32)30-27(34)31(26(22)33)19-7-10-20(11-8-19)37-15-17-4-6-18(28)13-23(17)29/h4-14H,3,15H2,1-2H3,(H,30,32,34)/b22-12+. The number of hydrogen-bond acceptors (Lipinski definition) is 6. The molecule has 1 fully saturated rings. The molecule has 10 heteroatoms. The van der Waals surface area contributed by atoms with Crippen molar-refractivity contribution in [1.29, 1.82) is 0 Å². The van der Waals surface area contributed by atoms with Gasteiger partial charge in [0.15, 0.2) is 0 Å². The van der Waals surface area contributed by atoms with Crippen molar-refractivity contribution in [2.24, 2.45) is 0 Å². The third-order valence-electron chi connectivity index (χ3n) is 5.43. The van der Waals surface area contributed by atoms with Crippen LogP contribution < -0.4 is 24.4 Å². The van der Waals surface area contributed by atoms with Gasteiger partial charge in [-0.1, -0.05) is 29.3 Å². The molecule has 0 aromatic heterocycles. The molecule has 37 heavy (non-hydrogen) atoms. The van der Waals surface area contributed by atoms with Crippen molar-refractivity contribution in [3.8, 4) is 17.2 Å². The van der Waals surface area contributed by atoms with Gasteiger partial charge in [-0.2, -0.15) is 0 Å². The van der Waals surface area contributed by atoms with Gasteiger partial charge in [-0.3, -0.25) is 14.9 Å². The Kier molecular flexibility index (Phi) is 8.01. The second kappa shape index (κ2) is 11.4. The number of nitrogens with one attached hydrogen (secondary N) is 1. The maximum atomic E-state index is 13.3. The molecular weight excluding hydrogens is 519 g/mol. The van der Waals surface area contributed by atoms with Crippen molar-refractivity contribution in [3.63, 3.8) is 0 Å². The summed E-state index contributed by atoms with van der Waals surface area (Å²) < 4.78 is 16.6. The minimum Gasteiger partial charge on any atom is -0.497 e. The molecule has 0 saturated carbocycles. The molecular formula is C27H22Cl2N2O6. The number of benzene rings is 3. The van der Waals surface area contributed by atoms with Crippen molar-refractivity contribution < 1.29 is 28.6 Å². The highest BCUT2D eigenvalue weighted by Gasteiger charge is 2.37. The zero-order valence-corrected chi connectivity index (χ0v) is 21.4. The van der Waals surface area contributed by atoms with Gasteiger partial charge in [-0.05, 0) is 61.5 Å². The third-order valence-corrected chi connectivity index (χ3v) is 6.01. The monoisotopic (exact) mass is 540 g/mol. The number of hydrogen-bond donors (Lipinski definition) is 1. The zero-order valence-electron chi connectivity index (χ0n) is 19.9. The van der Waals surface area contributed by atoms with E-state index in [9.17, 15) is 14.4 Å². The number of urea groups is 1. The first kappa shape index (κ1) is 26.1. The topological polar surface area (TPSA) is 94.2 Å². The van der Waals surface area contributed by atoms with Crippen LogP contribution in [0.1, 0.15) is 18.1 Å². The molecule has 4 rings (SSSR count). The van der Waals surface area contributed by atoms with Crippen LogP contribution in [0.15, 0.2) is 66.2 Å². The summed E-state index contributed by atoms with van der Waals surface area (Å²) in [5.74, 6) is -0.0906. The molecule has 1 aliphatic heterocycles. The summed E-state index contributed by atoms with van der Waals surface area (Å²) in [6, 6.07) is 15.6. The number of amides is 4. The van der Waals surface area contributed by atoms with Crippen molar-refractivity contribution in [1.82, 2.24) is 5.32 Å². The van der Waals surface area contributed by atoms with Crippen LogP contribution in [-0.2, 0) is 16.2 Å². The Hall–Kier alpha value is -4.01. The van der Waals surface area contributed by atoms with Gasteiger partial charge in [0.05, 0.1) is 19.4 Å². The Bertz CT molecular complexity index is 1390. The average Bonchev–Trinajstić information content (AvgIpc) is 2.87. The van der Waals surface area contributed by atoms with Crippen LogP contribution in [0.25, 0.3) is 6.08 Å². The molecule has 4 amide bonds. The van der Waals surface area contributed by atoms with E-state index in [2.05, 4.69) is 5.32 Å². The van der Waals surface area contributed by atoms with E-state index in [0.29, 0.717) is 39.5 Å². The van der Waals surface area contributed by atoms with Crippen LogP contribution in [0.3, 0.4) is 0 Å². The van der Waals surface area contributed by atoms with Crippen molar-refractivity contribution in [2.75, 3.05) is 18.6 Å². The second-order valence-corrected chi connectivity index (χ2v) is 8.66. The largest absolute Gasteiger partial charge is 0.497 e. The lowest BCUT2D eigenvalue weighted by molar-refractivity contribution is -0.122. The van der Waals surface area contributed by atoms with Crippen molar-refractivity contribution >= 4 is 52.8 Å². The Morgan fingerprint density at radius 2 is 1.65 bits per heavy atom. The second-order valence-electron chi connectivity index (χ2n) is 7.81. The molecule has 1 N–H and O–H groups in total. The zero-order chi connectivity index (χ0) is 26.5. The smallest absolute Gasteiger partial charge is 0.335 e. The maximum absolute atomic E-state index is 13.3. The first-order valence-electron chi connectivity index (χ1n) is 11.2. The summed E-state index contributed by atoms with van der Waals surface area (Å²) in [4.78, 5) is 39.3. The van der Waals surface area contributed by atoms with E-state index in [4.69, 9.17) is 37.4 Å². The molecule has 0 atom stereocenters. The number of halogens is 2. The molecule has 3 aromatic rings. The predicted octanol–water partition coefficient (Wildman–Crippen LogP) is 5.65. The predicted molar refractivity (Wildman–Crippen MR) is 140 cm³/mol. The Morgan fingerprint density at radius 3 is 2.32 bits per heavy atom. The third kappa shape index (κ3) is 5.87. The van der Waals surface area contributed by atoms with Crippen molar-refractivity contribution in [3.05, 3.63) is 87.4 Å². The average molecular weight is 541 g/mol. The Morgan fingerprint density at radius 1 is 0.919 bits per heavy atom. The molecule has 1 saturated heterocycles. The molecule has 1 aliphatic rings. The Balaban J connectivity index is 1.56. The Labute approximate surface area is 223 Å². The van der Waals surface area contributed by atoms with Gasteiger partial charge in [0.2, 0.25) is 0 Å². The normalized spacial score (nSPS) is 14.5. The number of anilines is 1. The van der Waals surface area contributed by atoms with E-state index < -0.39 is 17.8 Å². The molecule has 0 radical (unpaired) electrons. The lowest BCUT2D eigenvalue weighted by Gasteiger charge is -2.26. The highest BCUT2D eigenvalue weighted by molar-refractivity contribution is 6.39. The van der Waals surface area contributed by atoms with E-state index in [1.165, 1.54) is 13.2 Å². The maximum Gasteiger partial charge on any atom is 0.335 e. The lowest BCUT2D eigenvalue weighted by Crippen LogP contribution is -2.54. The number of barbiturate groups is 1. The highest BCUT2D eigenvalue weighted by atomic mass is 35.5. The lowest BCUT2D eigenvalue weighted by atomic mass is 10.1. The van der Waals surface area contributed by atoms with Gasteiger partial charge in [0, 0.05) is 27.2 Å². The summed E-state index contributed by atoms with van der Waals surface area (Å²) in [5, 5.41) is 3.21. The molecule has 8 nitrogen and oxygen atoms in total. The number of ether oxygens (including phenoxy) is 3. The van der Waals surface area contributed by atoms with Crippen molar-refractivity contribution in [2.45, 2.75) is 13.5 Å². The summed E-state index contributed by atoms with van der Waals surface area (Å²) in [6.07, 6.45) is 1.38. The van der Waals surface area contributed by atoms with Gasteiger partial charge in [-0.25, -0.2) is 9.69 Å². The molecule has 3 aromatic carbocycles. The number of methoxy groups -OCH3 is 1. The quantitative estimate of drug-likeness (QED) is 0.293. The molecule has 1 heterocycles. The van der Waals surface area contributed by atoms with Crippen LogP contribution >= 0.6 is 23.2 Å². The summed E-state index contributed by atoms with van der Waals surface area (Å²) in [6.45, 7) is 2.38. The first-order valence-corrected chi connectivity index (χ1v) is 12.0. The fourth-order valence-corrected chi connectivity index (χ4v) is 4.04. The highest BCUT2D eigenvalue weighted by Crippen LogP contribution is 2.30. The van der Waals surface area contributed by atoms with Crippen LogP contribution in [0.4, 0.5) is 10.5 Å².